The van der Waals surface area contributed by atoms with Crippen molar-refractivity contribution >= 4 is 18.0 Å². The summed E-state index contributed by atoms with van der Waals surface area (Å²) in [5.74, 6) is -1.68. The number of amides is 2. The van der Waals surface area contributed by atoms with E-state index in [1.165, 1.54) is 0 Å². The number of aliphatic carboxylic acids is 1. The van der Waals surface area contributed by atoms with E-state index in [1.807, 2.05) is 58.0 Å². The molecule has 1 rings (SSSR count). The number of rotatable bonds is 10. The first-order valence-corrected chi connectivity index (χ1v) is 9.24. The van der Waals surface area contributed by atoms with Crippen molar-refractivity contribution in [3.05, 3.63) is 35.9 Å². The molecule has 0 saturated heterocycles. The number of carbonyl (C=O) groups excluding carboxylic acids is 2. The third-order valence-electron chi connectivity index (χ3n) is 4.30. The lowest BCUT2D eigenvalue weighted by Crippen LogP contribution is -2.54. The number of hydrogen-bond acceptors (Lipinski definition) is 4. The zero-order chi connectivity index (χ0) is 20.4. The van der Waals surface area contributed by atoms with E-state index in [4.69, 9.17) is 4.74 Å². The number of benzene rings is 1. The van der Waals surface area contributed by atoms with Gasteiger partial charge in [0.2, 0.25) is 5.91 Å². The molecule has 0 bridgehead atoms. The number of hydrogen-bond donors (Lipinski definition) is 3. The zero-order valence-corrected chi connectivity index (χ0v) is 16.4. The van der Waals surface area contributed by atoms with Gasteiger partial charge in [-0.1, -0.05) is 64.4 Å². The molecule has 27 heavy (non-hydrogen) atoms. The van der Waals surface area contributed by atoms with Gasteiger partial charge in [-0.05, 0) is 23.8 Å². The highest BCUT2D eigenvalue weighted by molar-refractivity contribution is 5.89. The summed E-state index contributed by atoms with van der Waals surface area (Å²) in [6, 6.07) is 7.34. The van der Waals surface area contributed by atoms with E-state index >= 15 is 0 Å². The number of carbonyl (C=O) groups is 3. The van der Waals surface area contributed by atoms with Crippen LogP contribution in [0.2, 0.25) is 0 Å². The van der Waals surface area contributed by atoms with Gasteiger partial charge in [0.15, 0.2) is 0 Å². The fourth-order valence-corrected chi connectivity index (χ4v) is 2.55. The molecular formula is C20H30N2O5. The first kappa shape index (κ1) is 22.5. The van der Waals surface area contributed by atoms with Crippen molar-refractivity contribution in [2.24, 2.45) is 11.8 Å². The average molecular weight is 378 g/mol. The Morgan fingerprint density at radius 2 is 1.70 bits per heavy atom. The zero-order valence-electron chi connectivity index (χ0n) is 16.4. The summed E-state index contributed by atoms with van der Waals surface area (Å²) < 4.78 is 5.17. The molecule has 3 atom stereocenters. The van der Waals surface area contributed by atoms with Gasteiger partial charge in [-0.3, -0.25) is 4.79 Å². The Kier molecular flexibility index (Phi) is 9.33. The lowest BCUT2D eigenvalue weighted by Gasteiger charge is -2.25. The predicted molar refractivity (Wildman–Crippen MR) is 102 cm³/mol. The maximum atomic E-state index is 12.6. The second-order valence-corrected chi connectivity index (χ2v) is 7.10. The van der Waals surface area contributed by atoms with Crippen LogP contribution in [0, 0.1) is 11.8 Å². The largest absolute Gasteiger partial charge is 0.480 e. The van der Waals surface area contributed by atoms with Crippen LogP contribution in [0.4, 0.5) is 4.79 Å². The summed E-state index contributed by atoms with van der Waals surface area (Å²) in [4.78, 5) is 36.1. The van der Waals surface area contributed by atoms with Crippen LogP contribution >= 0.6 is 0 Å². The molecule has 0 aliphatic rings. The molecule has 150 valence electrons. The number of ether oxygens (including phenoxy) is 1. The van der Waals surface area contributed by atoms with Gasteiger partial charge in [0.05, 0.1) is 0 Å². The molecule has 0 spiro atoms. The Bertz CT molecular complexity index is 618. The standard InChI is InChI=1S/C20H30N2O5/c1-5-14(4)17(18(23)21-16(19(24)25)11-13(2)3)22-20(26)27-12-15-9-7-6-8-10-15/h6-10,13-14,16-17H,5,11-12H2,1-4H3,(H,21,23)(H,22,26)(H,24,25)/t14?,16-,17?/m0/s1. The van der Waals surface area contributed by atoms with E-state index < -0.39 is 30.1 Å². The summed E-state index contributed by atoms with van der Waals surface area (Å²) in [6.07, 6.45) is 0.237. The SMILES string of the molecule is CCC(C)C(NC(=O)OCc1ccccc1)C(=O)N[C@@H](CC(C)C)C(=O)O. The Labute approximate surface area is 160 Å². The Balaban J connectivity index is 2.71. The van der Waals surface area contributed by atoms with Gasteiger partial charge >= 0.3 is 12.1 Å². The van der Waals surface area contributed by atoms with Crippen molar-refractivity contribution in [3.8, 4) is 0 Å². The van der Waals surface area contributed by atoms with Crippen molar-refractivity contribution in [2.75, 3.05) is 0 Å². The second kappa shape index (κ2) is 11.2. The second-order valence-electron chi connectivity index (χ2n) is 7.10. The first-order valence-electron chi connectivity index (χ1n) is 9.24. The monoisotopic (exact) mass is 378 g/mol. The van der Waals surface area contributed by atoms with E-state index in [-0.39, 0.29) is 18.4 Å². The Morgan fingerprint density at radius 3 is 2.22 bits per heavy atom. The normalized spacial score (nSPS) is 14.1. The molecule has 0 aliphatic heterocycles. The van der Waals surface area contributed by atoms with Crippen molar-refractivity contribution in [2.45, 2.75) is 59.2 Å². The predicted octanol–water partition coefficient (Wildman–Crippen LogP) is 2.94. The third-order valence-corrected chi connectivity index (χ3v) is 4.30. The molecule has 0 aliphatic carbocycles. The number of alkyl carbamates (subject to hydrolysis) is 1. The third kappa shape index (κ3) is 8.11. The average Bonchev–Trinajstić information content (AvgIpc) is 2.63. The molecule has 1 aromatic rings. The summed E-state index contributed by atoms with van der Waals surface area (Å²) >= 11 is 0. The van der Waals surface area contributed by atoms with Gasteiger partial charge in [-0.25, -0.2) is 9.59 Å². The Hall–Kier alpha value is -2.57. The molecule has 3 N–H and O–H groups in total. The fraction of sp³-hybridized carbons (Fsp3) is 0.550. The molecule has 0 heterocycles. The van der Waals surface area contributed by atoms with E-state index in [0.29, 0.717) is 12.8 Å². The molecule has 7 heteroatoms. The van der Waals surface area contributed by atoms with Crippen LogP contribution in [0.3, 0.4) is 0 Å². The van der Waals surface area contributed by atoms with Crippen LogP contribution in [0.1, 0.15) is 46.1 Å². The quantitative estimate of drug-likeness (QED) is 0.581. The van der Waals surface area contributed by atoms with Crippen LogP contribution < -0.4 is 10.6 Å². The van der Waals surface area contributed by atoms with Gasteiger partial charge < -0.3 is 20.5 Å². The van der Waals surface area contributed by atoms with Crippen LogP contribution in [-0.2, 0) is 20.9 Å². The van der Waals surface area contributed by atoms with Crippen LogP contribution in [0.25, 0.3) is 0 Å². The van der Waals surface area contributed by atoms with Crippen molar-refractivity contribution in [3.63, 3.8) is 0 Å². The minimum atomic E-state index is -1.09. The molecule has 2 unspecified atom stereocenters. The van der Waals surface area contributed by atoms with E-state index in [0.717, 1.165) is 5.56 Å². The maximum Gasteiger partial charge on any atom is 0.408 e. The smallest absolute Gasteiger partial charge is 0.408 e. The minimum Gasteiger partial charge on any atom is -0.480 e. The fourth-order valence-electron chi connectivity index (χ4n) is 2.55. The van der Waals surface area contributed by atoms with Gasteiger partial charge in [-0.2, -0.15) is 0 Å². The summed E-state index contributed by atoms with van der Waals surface area (Å²) in [5.41, 5.74) is 0.833. The van der Waals surface area contributed by atoms with Crippen LogP contribution in [-0.4, -0.2) is 35.2 Å². The van der Waals surface area contributed by atoms with E-state index in [9.17, 15) is 19.5 Å². The van der Waals surface area contributed by atoms with Crippen LogP contribution in [0.5, 0.6) is 0 Å². The molecule has 0 aromatic heterocycles. The molecule has 2 amide bonds. The van der Waals surface area contributed by atoms with Crippen molar-refractivity contribution in [1.29, 1.82) is 0 Å². The highest BCUT2D eigenvalue weighted by atomic mass is 16.5. The number of carboxylic acids is 1. The van der Waals surface area contributed by atoms with Gasteiger partial charge in [-0.15, -0.1) is 0 Å². The van der Waals surface area contributed by atoms with E-state index in [1.54, 1.807) is 0 Å². The van der Waals surface area contributed by atoms with Crippen LogP contribution in [0.15, 0.2) is 30.3 Å². The minimum absolute atomic E-state index is 0.0899. The van der Waals surface area contributed by atoms with Crippen molar-refractivity contribution in [1.82, 2.24) is 10.6 Å². The maximum absolute atomic E-state index is 12.6. The molecule has 0 fully saturated rings. The Morgan fingerprint density at radius 1 is 1.07 bits per heavy atom. The van der Waals surface area contributed by atoms with Crippen molar-refractivity contribution < 1.29 is 24.2 Å². The number of carboxylic acid groups (broad SMARTS) is 1. The molecule has 7 nitrogen and oxygen atoms in total. The lowest BCUT2D eigenvalue weighted by molar-refractivity contribution is -0.142. The van der Waals surface area contributed by atoms with Gasteiger partial charge in [0.1, 0.15) is 18.7 Å². The molecule has 1 aromatic carbocycles. The summed E-state index contributed by atoms with van der Waals surface area (Å²) in [5, 5.41) is 14.4. The molecule has 0 saturated carbocycles. The van der Waals surface area contributed by atoms with Gasteiger partial charge in [0, 0.05) is 0 Å². The number of nitrogens with one attached hydrogen (secondary N) is 2. The van der Waals surface area contributed by atoms with E-state index in [2.05, 4.69) is 10.6 Å². The lowest BCUT2D eigenvalue weighted by atomic mass is 9.97. The summed E-state index contributed by atoms with van der Waals surface area (Å²) in [6.45, 7) is 7.57. The molecule has 0 radical (unpaired) electrons. The highest BCUT2D eigenvalue weighted by Gasteiger charge is 2.30. The topological polar surface area (TPSA) is 105 Å². The summed E-state index contributed by atoms with van der Waals surface area (Å²) in [7, 11) is 0. The first-order chi connectivity index (χ1) is 12.7. The molecular weight excluding hydrogens is 348 g/mol. The highest BCUT2D eigenvalue weighted by Crippen LogP contribution is 2.11. The van der Waals surface area contributed by atoms with Gasteiger partial charge in [0.25, 0.3) is 0 Å².